The fourth-order valence-electron chi connectivity index (χ4n) is 4.63. The Morgan fingerprint density at radius 3 is 2.55 bits per heavy atom. The fraction of sp³-hybridized carbons (Fsp3) is 0.269. The normalized spacial score (nSPS) is 16.6. The van der Waals surface area contributed by atoms with Gasteiger partial charge in [0, 0.05) is 17.7 Å². The van der Waals surface area contributed by atoms with Gasteiger partial charge in [0.2, 0.25) is 5.91 Å². The highest BCUT2D eigenvalue weighted by Crippen LogP contribution is 2.30. The topological polar surface area (TPSA) is 76.0 Å². The summed E-state index contributed by atoms with van der Waals surface area (Å²) in [4.78, 5) is 25.7. The molecule has 0 aliphatic heterocycles. The summed E-state index contributed by atoms with van der Waals surface area (Å²) in [5.74, 6) is -0.579. The predicted octanol–water partition coefficient (Wildman–Crippen LogP) is 5.05. The van der Waals surface area contributed by atoms with Gasteiger partial charge < -0.3 is 10.6 Å². The minimum Gasteiger partial charge on any atom is -0.324 e. The van der Waals surface area contributed by atoms with Crippen molar-refractivity contribution >= 4 is 23.2 Å². The average Bonchev–Trinajstić information content (AvgIpc) is 3.54. The lowest BCUT2D eigenvalue weighted by atomic mass is 10.0. The van der Waals surface area contributed by atoms with Crippen molar-refractivity contribution in [2.24, 2.45) is 5.92 Å². The second-order valence-electron chi connectivity index (χ2n) is 8.51. The van der Waals surface area contributed by atoms with Gasteiger partial charge in [-0.05, 0) is 62.3 Å². The molecule has 1 atom stereocenters. The van der Waals surface area contributed by atoms with Gasteiger partial charge in [0.25, 0.3) is 5.91 Å². The smallest absolute Gasteiger partial charge is 0.276 e. The van der Waals surface area contributed by atoms with Crippen molar-refractivity contribution in [3.8, 4) is 5.69 Å². The van der Waals surface area contributed by atoms with Gasteiger partial charge in [-0.15, -0.1) is 0 Å². The fourth-order valence-corrected chi connectivity index (χ4v) is 4.63. The van der Waals surface area contributed by atoms with E-state index in [9.17, 15) is 14.0 Å². The molecule has 6 nitrogen and oxygen atoms in total. The number of aromatic nitrogens is 2. The molecule has 3 aromatic rings. The van der Waals surface area contributed by atoms with Crippen LogP contribution in [0.2, 0.25) is 0 Å². The van der Waals surface area contributed by atoms with E-state index in [-0.39, 0.29) is 23.5 Å². The highest BCUT2D eigenvalue weighted by atomic mass is 19.1. The summed E-state index contributed by atoms with van der Waals surface area (Å²) in [6.45, 7) is 0. The molecule has 2 aliphatic carbocycles. The second kappa shape index (κ2) is 9.02. The third-order valence-corrected chi connectivity index (χ3v) is 6.24. The Balaban J connectivity index is 1.38. The molecule has 0 saturated heterocycles. The lowest BCUT2D eigenvalue weighted by Gasteiger charge is -2.13. The van der Waals surface area contributed by atoms with Crippen LogP contribution in [0.3, 0.4) is 0 Å². The molecule has 2 aliphatic rings. The SMILES string of the molecule is O=C(CC1C=CCC1)Nc1ccccc1NC(=O)c1nn(-c2ccccc2F)c2c1CCC2. The molecule has 1 aromatic heterocycles. The number of carbonyl (C=O) groups is 2. The molecule has 2 amide bonds. The number of anilines is 2. The average molecular weight is 445 g/mol. The van der Waals surface area contributed by atoms with Gasteiger partial charge in [-0.3, -0.25) is 9.59 Å². The van der Waals surface area contributed by atoms with Gasteiger partial charge in [-0.2, -0.15) is 5.10 Å². The van der Waals surface area contributed by atoms with E-state index < -0.39 is 0 Å². The Morgan fingerprint density at radius 2 is 1.79 bits per heavy atom. The number of para-hydroxylation sites is 3. The molecule has 7 heteroatoms. The van der Waals surface area contributed by atoms with E-state index in [1.807, 2.05) is 6.07 Å². The van der Waals surface area contributed by atoms with E-state index in [0.29, 0.717) is 29.2 Å². The predicted molar refractivity (Wildman–Crippen MR) is 125 cm³/mol. The van der Waals surface area contributed by atoms with Crippen LogP contribution in [0.25, 0.3) is 5.69 Å². The first kappa shape index (κ1) is 21.1. The summed E-state index contributed by atoms with van der Waals surface area (Å²) in [5, 5.41) is 10.3. The number of hydrogen-bond donors (Lipinski definition) is 2. The number of hydrogen-bond acceptors (Lipinski definition) is 3. The number of halogens is 1. The van der Waals surface area contributed by atoms with E-state index in [1.54, 1.807) is 41.1 Å². The lowest BCUT2D eigenvalue weighted by molar-refractivity contribution is -0.116. The van der Waals surface area contributed by atoms with Crippen LogP contribution in [-0.2, 0) is 17.6 Å². The van der Waals surface area contributed by atoms with Crippen molar-refractivity contribution in [2.75, 3.05) is 10.6 Å². The summed E-state index contributed by atoms with van der Waals surface area (Å²) < 4.78 is 16.0. The Bertz CT molecular complexity index is 1250. The standard InChI is InChI=1S/C26H25FN4O2/c27-19-11-3-6-14-23(19)31-22-15-7-10-18(22)25(30-31)26(33)29-21-13-5-4-12-20(21)28-24(32)16-17-8-1-2-9-17/h1,3-6,8,11-14,17H,2,7,9-10,15-16H2,(H,28,32)(H,29,33). The summed E-state index contributed by atoms with van der Waals surface area (Å²) in [6.07, 6.45) is 8.95. The third kappa shape index (κ3) is 4.31. The Morgan fingerprint density at radius 1 is 1.03 bits per heavy atom. The largest absolute Gasteiger partial charge is 0.324 e. The Labute approximate surface area is 191 Å². The van der Waals surface area contributed by atoms with Crippen LogP contribution < -0.4 is 10.6 Å². The van der Waals surface area contributed by atoms with Crippen LogP contribution in [-0.4, -0.2) is 21.6 Å². The molecular weight excluding hydrogens is 419 g/mol. The first-order chi connectivity index (χ1) is 16.1. The van der Waals surface area contributed by atoms with Crippen molar-refractivity contribution in [1.29, 1.82) is 0 Å². The minimum absolute atomic E-state index is 0.0852. The van der Waals surface area contributed by atoms with Gasteiger partial charge in [0.15, 0.2) is 5.69 Å². The summed E-state index contributed by atoms with van der Waals surface area (Å²) >= 11 is 0. The zero-order valence-electron chi connectivity index (χ0n) is 18.2. The van der Waals surface area contributed by atoms with E-state index in [1.165, 1.54) is 6.07 Å². The van der Waals surface area contributed by atoms with Crippen LogP contribution >= 0.6 is 0 Å². The molecule has 2 aromatic carbocycles. The molecule has 168 valence electrons. The minimum atomic E-state index is -0.383. The van der Waals surface area contributed by atoms with Crippen LogP contribution in [0.15, 0.2) is 60.7 Å². The van der Waals surface area contributed by atoms with Gasteiger partial charge >= 0.3 is 0 Å². The molecule has 0 saturated carbocycles. The van der Waals surface area contributed by atoms with Gasteiger partial charge in [-0.25, -0.2) is 9.07 Å². The molecule has 33 heavy (non-hydrogen) atoms. The summed E-state index contributed by atoms with van der Waals surface area (Å²) in [7, 11) is 0. The number of nitrogens with zero attached hydrogens (tertiary/aromatic N) is 2. The van der Waals surface area contributed by atoms with Gasteiger partial charge in [-0.1, -0.05) is 36.4 Å². The monoisotopic (exact) mass is 444 g/mol. The molecule has 2 N–H and O–H groups in total. The van der Waals surface area contributed by atoms with E-state index >= 15 is 0 Å². The van der Waals surface area contributed by atoms with Crippen molar-refractivity contribution in [2.45, 2.75) is 38.5 Å². The summed E-state index contributed by atoms with van der Waals surface area (Å²) in [5.41, 5.74) is 3.40. The maximum atomic E-state index is 14.4. The Hall–Kier alpha value is -3.74. The molecule has 0 bridgehead atoms. The molecule has 5 rings (SSSR count). The summed E-state index contributed by atoms with van der Waals surface area (Å²) in [6, 6.07) is 13.5. The van der Waals surface area contributed by atoms with Crippen molar-refractivity contribution in [1.82, 2.24) is 9.78 Å². The van der Waals surface area contributed by atoms with Crippen molar-refractivity contribution in [3.05, 3.63) is 83.5 Å². The van der Waals surface area contributed by atoms with E-state index in [4.69, 9.17) is 0 Å². The number of benzene rings is 2. The van der Waals surface area contributed by atoms with E-state index in [2.05, 4.69) is 27.9 Å². The number of allylic oxidation sites excluding steroid dienone is 2. The molecule has 0 fully saturated rings. The first-order valence-corrected chi connectivity index (χ1v) is 11.3. The van der Waals surface area contributed by atoms with Crippen LogP contribution in [0.5, 0.6) is 0 Å². The molecule has 0 spiro atoms. The maximum absolute atomic E-state index is 14.4. The number of carbonyl (C=O) groups excluding carboxylic acids is 2. The van der Waals surface area contributed by atoms with Crippen molar-refractivity contribution in [3.63, 3.8) is 0 Å². The number of rotatable bonds is 6. The second-order valence-corrected chi connectivity index (χ2v) is 8.51. The first-order valence-electron chi connectivity index (χ1n) is 11.3. The molecular formula is C26H25FN4O2. The zero-order valence-corrected chi connectivity index (χ0v) is 18.2. The molecule has 1 unspecified atom stereocenters. The van der Waals surface area contributed by atoms with E-state index in [0.717, 1.165) is 43.4 Å². The molecule has 0 radical (unpaired) electrons. The third-order valence-electron chi connectivity index (χ3n) is 6.24. The van der Waals surface area contributed by atoms with Gasteiger partial charge in [0.05, 0.1) is 11.4 Å². The number of fused-ring (bicyclic) bond motifs is 1. The number of nitrogens with one attached hydrogen (secondary N) is 2. The maximum Gasteiger partial charge on any atom is 0.276 e. The highest BCUT2D eigenvalue weighted by Gasteiger charge is 2.28. The van der Waals surface area contributed by atoms with Gasteiger partial charge in [0.1, 0.15) is 11.5 Å². The quantitative estimate of drug-likeness (QED) is 0.523. The van der Waals surface area contributed by atoms with Crippen LogP contribution in [0.4, 0.5) is 15.8 Å². The van der Waals surface area contributed by atoms with Crippen molar-refractivity contribution < 1.29 is 14.0 Å². The molecule has 1 heterocycles. The highest BCUT2D eigenvalue weighted by molar-refractivity contribution is 6.07. The zero-order chi connectivity index (χ0) is 22.8. The number of amides is 2. The van der Waals surface area contributed by atoms with Crippen LogP contribution in [0, 0.1) is 11.7 Å². The lowest BCUT2D eigenvalue weighted by Crippen LogP contribution is -2.19. The Kier molecular flexibility index (Phi) is 5.77. The van der Waals surface area contributed by atoms with Crippen LogP contribution in [0.1, 0.15) is 47.4 Å².